The van der Waals surface area contributed by atoms with Crippen LogP contribution in [0.15, 0.2) is 30.3 Å². The highest BCUT2D eigenvalue weighted by Crippen LogP contribution is 2.21. The van der Waals surface area contributed by atoms with Gasteiger partial charge in [0.15, 0.2) is 17.5 Å². The normalized spacial score (nSPS) is 15.8. The molecule has 1 saturated heterocycles. The van der Waals surface area contributed by atoms with Crippen molar-refractivity contribution in [2.75, 3.05) is 25.5 Å². The number of piperidine rings is 1. The van der Waals surface area contributed by atoms with Crippen molar-refractivity contribution in [3.8, 4) is 0 Å². The highest BCUT2D eigenvalue weighted by Gasteiger charge is 2.20. The van der Waals surface area contributed by atoms with Crippen LogP contribution in [0.2, 0.25) is 0 Å². The number of hydrogen-bond donors (Lipinski definition) is 1. The van der Waals surface area contributed by atoms with Crippen molar-refractivity contribution >= 4 is 11.7 Å². The molecule has 2 aromatic rings. The largest absolute Gasteiger partial charge is 0.306 e. The summed E-state index contributed by atoms with van der Waals surface area (Å²) < 4.78 is 40.0. The molecule has 0 unspecified atom stereocenters. The van der Waals surface area contributed by atoms with E-state index in [1.54, 1.807) is 12.1 Å². The number of carbonyl (C=O) groups excluding carboxylic acids is 1. The van der Waals surface area contributed by atoms with Crippen LogP contribution in [0.1, 0.15) is 28.9 Å². The Morgan fingerprint density at radius 2 is 1.88 bits per heavy atom. The van der Waals surface area contributed by atoms with Crippen LogP contribution in [-0.2, 0) is 6.42 Å². The molecule has 0 bridgehead atoms. The molecule has 0 spiro atoms. The Bertz CT molecular complexity index is 805. The van der Waals surface area contributed by atoms with E-state index in [9.17, 15) is 18.0 Å². The quantitative estimate of drug-likeness (QED) is 0.844. The Kier molecular flexibility index (Phi) is 5.56. The van der Waals surface area contributed by atoms with Crippen molar-refractivity contribution in [3.05, 3.63) is 59.0 Å². The summed E-state index contributed by atoms with van der Waals surface area (Å²) in [6.45, 7) is 2.10. The molecule has 0 atom stereocenters. The predicted octanol–water partition coefficient (Wildman–Crippen LogP) is 3.64. The van der Waals surface area contributed by atoms with Gasteiger partial charge in [-0.2, -0.15) is 0 Å². The zero-order valence-electron chi connectivity index (χ0n) is 14.4. The van der Waals surface area contributed by atoms with Crippen LogP contribution in [0.3, 0.4) is 0 Å². The molecule has 2 heterocycles. The van der Waals surface area contributed by atoms with Crippen LogP contribution < -0.4 is 5.32 Å². The van der Waals surface area contributed by atoms with Crippen LogP contribution in [0, 0.1) is 23.4 Å². The molecule has 1 amide bonds. The van der Waals surface area contributed by atoms with Crippen LogP contribution in [0.5, 0.6) is 0 Å². The molecule has 1 fully saturated rings. The lowest BCUT2D eigenvalue weighted by molar-refractivity contribution is 0.102. The van der Waals surface area contributed by atoms with Gasteiger partial charge in [-0.15, -0.1) is 0 Å². The fourth-order valence-corrected chi connectivity index (χ4v) is 3.11. The van der Waals surface area contributed by atoms with Gasteiger partial charge in [0.05, 0.1) is 5.56 Å². The molecule has 4 nitrogen and oxygen atoms in total. The molecule has 26 heavy (non-hydrogen) atoms. The maximum Gasteiger partial charge on any atom is 0.259 e. The van der Waals surface area contributed by atoms with E-state index in [0.29, 0.717) is 5.92 Å². The number of anilines is 1. The Balaban J connectivity index is 1.69. The van der Waals surface area contributed by atoms with Crippen molar-refractivity contribution in [1.82, 2.24) is 9.88 Å². The lowest BCUT2D eigenvalue weighted by Gasteiger charge is -2.28. The molecule has 1 aliphatic rings. The number of rotatable bonds is 4. The van der Waals surface area contributed by atoms with E-state index in [1.807, 2.05) is 6.07 Å². The van der Waals surface area contributed by atoms with Crippen molar-refractivity contribution in [1.29, 1.82) is 0 Å². The zero-order chi connectivity index (χ0) is 18.7. The number of halogens is 3. The monoisotopic (exact) mass is 363 g/mol. The van der Waals surface area contributed by atoms with Gasteiger partial charge in [-0.3, -0.25) is 4.79 Å². The van der Waals surface area contributed by atoms with E-state index in [4.69, 9.17) is 0 Å². The summed E-state index contributed by atoms with van der Waals surface area (Å²) in [7, 11) is 2.10. The Morgan fingerprint density at radius 3 is 2.62 bits per heavy atom. The summed E-state index contributed by atoms with van der Waals surface area (Å²) >= 11 is 0. The standard InChI is InChI=1S/C19H20F3N3O/c1-25-9-7-12(8-10-25)11-13-3-2-4-16(23-13)24-19(26)14-5-6-15(20)18(22)17(14)21/h2-6,12H,7-11H2,1H3,(H,23,24,26). The molecule has 138 valence electrons. The van der Waals surface area contributed by atoms with Gasteiger partial charge in [-0.1, -0.05) is 6.07 Å². The van der Waals surface area contributed by atoms with Gasteiger partial charge in [-0.25, -0.2) is 18.2 Å². The first-order chi connectivity index (χ1) is 12.4. The number of nitrogens with zero attached hydrogens (tertiary/aromatic N) is 2. The molecule has 0 radical (unpaired) electrons. The maximum atomic E-state index is 13.7. The van der Waals surface area contributed by atoms with E-state index in [-0.39, 0.29) is 5.82 Å². The predicted molar refractivity (Wildman–Crippen MR) is 92.4 cm³/mol. The lowest BCUT2D eigenvalue weighted by atomic mass is 9.92. The SMILES string of the molecule is CN1CCC(Cc2cccc(NC(=O)c3ccc(F)c(F)c3F)n2)CC1. The smallest absolute Gasteiger partial charge is 0.259 e. The number of amides is 1. The summed E-state index contributed by atoms with van der Waals surface area (Å²) in [4.78, 5) is 18.8. The minimum absolute atomic E-state index is 0.254. The molecule has 1 aromatic heterocycles. The molecule has 0 aliphatic carbocycles. The van der Waals surface area contributed by atoms with Crippen LogP contribution in [-0.4, -0.2) is 35.9 Å². The molecule has 7 heteroatoms. The number of pyridine rings is 1. The number of likely N-dealkylation sites (tertiary alicyclic amines) is 1. The summed E-state index contributed by atoms with van der Waals surface area (Å²) in [6, 6.07) is 6.84. The molecule has 3 rings (SSSR count). The number of hydrogen-bond acceptors (Lipinski definition) is 3. The van der Waals surface area contributed by atoms with Crippen molar-refractivity contribution in [2.24, 2.45) is 5.92 Å². The lowest BCUT2D eigenvalue weighted by Crippen LogP contribution is -2.31. The van der Waals surface area contributed by atoms with Gasteiger partial charge in [0, 0.05) is 5.69 Å². The Morgan fingerprint density at radius 1 is 1.15 bits per heavy atom. The van der Waals surface area contributed by atoms with E-state index in [0.717, 1.165) is 50.2 Å². The molecular weight excluding hydrogens is 343 g/mol. The van der Waals surface area contributed by atoms with Crippen LogP contribution >= 0.6 is 0 Å². The number of aromatic nitrogens is 1. The highest BCUT2D eigenvalue weighted by atomic mass is 19.2. The van der Waals surface area contributed by atoms with E-state index in [2.05, 4.69) is 22.2 Å². The summed E-state index contributed by atoms with van der Waals surface area (Å²) in [6.07, 6.45) is 2.99. The highest BCUT2D eigenvalue weighted by molar-refractivity contribution is 6.03. The Hall–Kier alpha value is -2.41. The van der Waals surface area contributed by atoms with Gasteiger partial charge < -0.3 is 10.2 Å². The first-order valence-electron chi connectivity index (χ1n) is 8.53. The van der Waals surface area contributed by atoms with Crippen LogP contribution in [0.4, 0.5) is 19.0 Å². The number of benzene rings is 1. The number of carbonyl (C=O) groups is 1. The molecule has 1 aliphatic heterocycles. The summed E-state index contributed by atoms with van der Waals surface area (Å²) in [5.74, 6) is -4.59. The molecule has 1 aromatic carbocycles. The van der Waals surface area contributed by atoms with E-state index >= 15 is 0 Å². The minimum Gasteiger partial charge on any atom is -0.306 e. The fraction of sp³-hybridized carbons (Fsp3) is 0.368. The first-order valence-corrected chi connectivity index (χ1v) is 8.53. The second kappa shape index (κ2) is 7.86. The minimum atomic E-state index is -1.67. The first kappa shape index (κ1) is 18.4. The molecule has 1 N–H and O–H groups in total. The molecule has 0 saturated carbocycles. The topological polar surface area (TPSA) is 45.2 Å². The van der Waals surface area contributed by atoms with Gasteiger partial charge in [0.1, 0.15) is 5.82 Å². The van der Waals surface area contributed by atoms with E-state index in [1.165, 1.54) is 0 Å². The summed E-state index contributed by atoms with van der Waals surface area (Å²) in [5.41, 5.74) is 0.273. The third-order valence-corrected chi connectivity index (χ3v) is 4.66. The second-order valence-electron chi connectivity index (χ2n) is 6.64. The van der Waals surface area contributed by atoms with Crippen molar-refractivity contribution < 1.29 is 18.0 Å². The Labute approximate surface area is 150 Å². The average molecular weight is 363 g/mol. The fourth-order valence-electron chi connectivity index (χ4n) is 3.11. The third-order valence-electron chi connectivity index (χ3n) is 4.66. The van der Waals surface area contributed by atoms with Gasteiger partial charge in [0.25, 0.3) is 5.91 Å². The van der Waals surface area contributed by atoms with Gasteiger partial charge in [-0.05, 0) is 69.6 Å². The maximum absolute atomic E-state index is 13.7. The number of nitrogens with one attached hydrogen (secondary N) is 1. The second-order valence-corrected chi connectivity index (χ2v) is 6.64. The molecular formula is C19H20F3N3O. The van der Waals surface area contributed by atoms with Gasteiger partial charge >= 0.3 is 0 Å². The van der Waals surface area contributed by atoms with Crippen molar-refractivity contribution in [3.63, 3.8) is 0 Å². The van der Waals surface area contributed by atoms with Crippen LogP contribution in [0.25, 0.3) is 0 Å². The third kappa shape index (κ3) is 4.22. The van der Waals surface area contributed by atoms with Gasteiger partial charge in [0.2, 0.25) is 0 Å². The summed E-state index contributed by atoms with van der Waals surface area (Å²) in [5, 5.41) is 2.44. The zero-order valence-corrected chi connectivity index (χ0v) is 14.4. The van der Waals surface area contributed by atoms with E-state index < -0.39 is 28.9 Å². The van der Waals surface area contributed by atoms with Crippen molar-refractivity contribution in [2.45, 2.75) is 19.3 Å². The average Bonchev–Trinajstić information content (AvgIpc) is 2.62.